The summed E-state index contributed by atoms with van der Waals surface area (Å²) in [6.07, 6.45) is -4.79. The van der Waals surface area contributed by atoms with Crippen LogP contribution in [0.25, 0.3) is 5.69 Å². The first-order chi connectivity index (χ1) is 16.3. The van der Waals surface area contributed by atoms with Gasteiger partial charge in [0.05, 0.1) is 18.4 Å². The fraction of sp³-hybridized carbons (Fsp3) is 0.273. The van der Waals surface area contributed by atoms with E-state index in [9.17, 15) is 26.4 Å². The molecular weight excluding hydrogens is 511 g/mol. The highest BCUT2D eigenvalue weighted by Crippen LogP contribution is 2.39. The van der Waals surface area contributed by atoms with Crippen LogP contribution in [0.1, 0.15) is 41.4 Å². The van der Waals surface area contributed by atoms with E-state index in [4.69, 9.17) is 21.1 Å². The van der Waals surface area contributed by atoms with Crippen LogP contribution in [0, 0.1) is 0 Å². The van der Waals surface area contributed by atoms with Gasteiger partial charge < -0.3 is 9.47 Å². The fourth-order valence-electron chi connectivity index (χ4n) is 3.59. The zero-order chi connectivity index (χ0) is 25.7. The molecule has 0 N–H and O–H groups in total. The molecule has 8 nitrogen and oxygen atoms in total. The Morgan fingerprint density at radius 1 is 1.11 bits per heavy atom. The Morgan fingerprint density at radius 2 is 1.77 bits per heavy atom. The van der Waals surface area contributed by atoms with Crippen LogP contribution < -0.4 is 9.47 Å². The SMILES string of the molecule is COc1cc(C(C)C)c2c(c1)S(=O)(=O)N(COc1cc(C(F)(F)F)nn1-c1ccc(Cl)cc1)C2=O. The quantitative estimate of drug-likeness (QED) is 0.453. The minimum Gasteiger partial charge on any atom is -0.497 e. The molecule has 13 heteroatoms. The summed E-state index contributed by atoms with van der Waals surface area (Å²) in [4.78, 5) is 12.9. The molecule has 0 aliphatic carbocycles. The highest BCUT2D eigenvalue weighted by atomic mass is 35.5. The monoisotopic (exact) mass is 529 g/mol. The van der Waals surface area contributed by atoms with Crippen molar-refractivity contribution in [2.75, 3.05) is 13.8 Å². The molecule has 0 radical (unpaired) electrons. The number of ether oxygens (including phenoxy) is 2. The van der Waals surface area contributed by atoms with E-state index < -0.39 is 40.4 Å². The van der Waals surface area contributed by atoms with Crippen LogP contribution in [0.3, 0.4) is 0 Å². The third-order valence-electron chi connectivity index (χ3n) is 5.34. The number of alkyl halides is 3. The average molecular weight is 530 g/mol. The number of methoxy groups -OCH3 is 1. The number of carbonyl (C=O) groups excluding carboxylic acids is 1. The summed E-state index contributed by atoms with van der Waals surface area (Å²) < 4.78 is 78.3. The van der Waals surface area contributed by atoms with Gasteiger partial charge in [-0.3, -0.25) is 4.79 Å². The van der Waals surface area contributed by atoms with Gasteiger partial charge in [-0.2, -0.15) is 22.6 Å². The van der Waals surface area contributed by atoms with Crippen molar-refractivity contribution < 1.29 is 35.9 Å². The van der Waals surface area contributed by atoms with E-state index in [1.54, 1.807) is 19.9 Å². The van der Waals surface area contributed by atoms with Crippen molar-refractivity contribution in [3.8, 4) is 17.3 Å². The number of halogens is 4. The number of nitrogens with zero attached hydrogens (tertiary/aromatic N) is 3. The Balaban J connectivity index is 1.72. The summed E-state index contributed by atoms with van der Waals surface area (Å²) in [6, 6.07) is 9.15. The predicted molar refractivity (Wildman–Crippen MR) is 120 cm³/mol. The molecule has 1 amide bonds. The molecule has 186 valence electrons. The van der Waals surface area contributed by atoms with E-state index in [1.165, 1.54) is 37.4 Å². The van der Waals surface area contributed by atoms with Crippen molar-refractivity contribution in [1.82, 2.24) is 14.1 Å². The Bertz CT molecular complexity index is 1400. The first-order valence-electron chi connectivity index (χ1n) is 10.2. The zero-order valence-corrected chi connectivity index (χ0v) is 20.2. The van der Waals surface area contributed by atoms with E-state index >= 15 is 0 Å². The first kappa shape index (κ1) is 24.9. The number of benzene rings is 2. The lowest BCUT2D eigenvalue weighted by molar-refractivity contribution is -0.141. The van der Waals surface area contributed by atoms with Crippen LogP contribution in [0.15, 0.2) is 47.4 Å². The van der Waals surface area contributed by atoms with Gasteiger partial charge in [0.25, 0.3) is 15.9 Å². The second kappa shape index (κ2) is 8.76. The van der Waals surface area contributed by atoms with Gasteiger partial charge in [0.1, 0.15) is 10.6 Å². The van der Waals surface area contributed by atoms with Gasteiger partial charge in [0, 0.05) is 17.2 Å². The Kier molecular flexibility index (Phi) is 6.22. The number of fused-ring (bicyclic) bond motifs is 1. The highest BCUT2D eigenvalue weighted by molar-refractivity contribution is 7.90. The molecule has 0 atom stereocenters. The molecule has 35 heavy (non-hydrogen) atoms. The molecule has 1 aliphatic heterocycles. The molecule has 3 aromatic rings. The van der Waals surface area contributed by atoms with Gasteiger partial charge in [0.2, 0.25) is 5.88 Å². The van der Waals surface area contributed by atoms with E-state index in [0.29, 0.717) is 21.0 Å². The van der Waals surface area contributed by atoms with Crippen molar-refractivity contribution in [2.45, 2.75) is 30.8 Å². The molecular formula is C22H19ClF3N3O5S. The Labute approximate surface area is 203 Å². The number of hydrogen-bond donors (Lipinski definition) is 0. The van der Waals surface area contributed by atoms with Gasteiger partial charge in [0.15, 0.2) is 12.4 Å². The van der Waals surface area contributed by atoms with Crippen molar-refractivity contribution in [3.05, 3.63) is 64.3 Å². The molecule has 0 unspecified atom stereocenters. The summed E-state index contributed by atoms with van der Waals surface area (Å²) in [5, 5.41) is 3.88. The van der Waals surface area contributed by atoms with Gasteiger partial charge in [-0.05, 0) is 41.8 Å². The Hall–Kier alpha value is -3.25. The lowest BCUT2D eigenvalue weighted by Crippen LogP contribution is -2.34. The number of hydrogen-bond acceptors (Lipinski definition) is 6. The summed E-state index contributed by atoms with van der Waals surface area (Å²) in [7, 11) is -2.98. The van der Waals surface area contributed by atoms with Crippen LogP contribution in [0.2, 0.25) is 5.02 Å². The second-order valence-corrected chi connectivity index (χ2v) is 10.2. The zero-order valence-electron chi connectivity index (χ0n) is 18.6. The maximum atomic E-state index is 13.3. The molecule has 0 fully saturated rings. The van der Waals surface area contributed by atoms with Crippen molar-refractivity contribution >= 4 is 27.5 Å². The third-order valence-corrected chi connectivity index (χ3v) is 7.32. The molecule has 2 aromatic carbocycles. The van der Waals surface area contributed by atoms with E-state index in [1.807, 2.05) is 0 Å². The van der Waals surface area contributed by atoms with Gasteiger partial charge in [-0.25, -0.2) is 13.1 Å². The lowest BCUT2D eigenvalue weighted by atomic mass is 9.96. The molecule has 2 heterocycles. The molecule has 1 aromatic heterocycles. The van der Waals surface area contributed by atoms with E-state index in [0.717, 1.165) is 4.68 Å². The van der Waals surface area contributed by atoms with Crippen LogP contribution in [-0.2, 0) is 16.2 Å². The number of aromatic nitrogens is 2. The van der Waals surface area contributed by atoms with Crippen LogP contribution in [-0.4, -0.2) is 42.3 Å². The highest BCUT2D eigenvalue weighted by Gasteiger charge is 2.44. The van der Waals surface area contributed by atoms with E-state index in [2.05, 4.69) is 5.10 Å². The molecule has 0 saturated carbocycles. The standard InChI is InChI=1S/C22H19ClF3N3O5S/c1-12(2)16-8-15(33-3)9-17-20(16)21(30)28(35(17,31)32)11-34-19-10-18(22(24,25)26)27-29(19)14-6-4-13(23)5-7-14/h4-10,12H,11H2,1-3H3. The normalized spacial score (nSPS) is 15.0. The summed E-state index contributed by atoms with van der Waals surface area (Å²) in [5.74, 6) is -1.22. The van der Waals surface area contributed by atoms with Gasteiger partial charge >= 0.3 is 6.18 Å². The molecule has 0 spiro atoms. The van der Waals surface area contributed by atoms with Crippen LogP contribution in [0.5, 0.6) is 11.6 Å². The number of sulfonamides is 1. The number of amides is 1. The first-order valence-corrected chi connectivity index (χ1v) is 12.0. The molecule has 0 saturated heterocycles. The minimum absolute atomic E-state index is 0.0217. The summed E-state index contributed by atoms with van der Waals surface area (Å²) >= 11 is 5.85. The van der Waals surface area contributed by atoms with Crippen LogP contribution in [0.4, 0.5) is 13.2 Å². The number of carbonyl (C=O) groups is 1. The summed E-state index contributed by atoms with van der Waals surface area (Å²) in [5.41, 5.74) is -0.633. The molecule has 0 bridgehead atoms. The van der Waals surface area contributed by atoms with Gasteiger partial charge in [-0.15, -0.1) is 0 Å². The number of rotatable bonds is 6. The maximum absolute atomic E-state index is 13.3. The second-order valence-electron chi connectivity index (χ2n) is 7.93. The lowest BCUT2D eigenvalue weighted by Gasteiger charge is -2.16. The molecule has 4 rings (SSSR count). The van der Waals surface area contributed by atoms with Gasteiger partial charge in [-0.1, -0.05) is 25.4 Å². The largest absolute Gasteiger partial charge is 0.497 e. The van der Waals surface area contributed by atoms with Crippen molar-refractivity contribution in [2.24, 2.45) is 0 Å². The average Bonchev–Trinajstić information content (AvgIpc) is 3.30. The van der Waals surface area contributed by atoms with E-state index in [-0.39, 0.29) is 27.8 Å². The minimum atomic E-state index is -4.79. The predicted octanol–water partition coefficient (Wildman–Crippen LogP) is 4.86. The van der Waals surface area contributed by atoms with Crippen molar-refractivity contribution in [1.29, 1.82) is 0 Å². The smallest absolute Gasteiger partial charge is 0.435 e. The Morgan fingerprint density at radius 3 is 2.34 bits per heavy atom. The van der Waals surface area contributed by atoms with Crippen molar-refractivity contribution in [3.63, 3.8) is 0 Å². The summed E-state index contributed by atoms with van der Waals surface area (Å²) in [6.45, 7) is 2.71. The molecule has 1 aliphatic rings. The fourth-order valence-corrected chi connectivity index (χ4v) is 5.19. The maximum Gasteiger partial charge on any atom is 0.435 e. The van der Waals surface area contributed by atoms with Crippen LogP contribution >= 0.6 is 11.6 Å². The topological polar surface area (TPSA) is 90.7 Å². The third kappa shape index (κ3) is 4.43.